The zero-order valence-corrected chi connectivity index (χ0v) is 18.1. The number of amides is 1. The lowest BCUT2D eigenvalue weighted by molar-refractivity contribution is -0.128. The Morgan fingerprint density at radius 3 is 2.87 bits per heavy atom. The van der Waals surface area contributed by atoms with Gasteiger partial charge in [-0.3, -0.25) is 4.79 Å². The number of likely N-dealkylation sites (N-methyl/N-ethyl adjacent to an activating group) is 1. The first-order chi connectivity index (χ1) is 15.1. The smallest absolute Gasteiger partial charge is 0.277 e. The van der Waals surface area contributed by atoms with Crippen LogP contribution < -0.4 is 14.2 Å². The molecule has 162 valence electrons. The van der Waals surface area contributed by atoms with Crippen molar-refractivity contribution in [2.24, 2.45) is 0 Å². The minimum absolute atomic E-state index is 0.0665. The molecule has 3 aromatic rings. The van der Waals surface area contributed by atoms with Gasteiger partial charge in [-0.25, -0.2) is 0 Å². The Bertz CT molecular complexity index is 1040. The molecule has 0 aliphatic carbocycles. The van der Waals surface area contributed by atoms with Gasteiger partial charge in [0.25, 0.3) is 11.1 Å². The van der Waals surface area contributed by atoms with E-state index in [2.05, 4.69) is 10.2 Å². The van der Waals surface area contributed by atoms with E-state index in [9.17, 15) is 4.79 Å². The predicted molar refractivity (Wildman–Crippen MR) is 115 cm³/mol. The van der Waals surface area contributed by atoms with E-state index < -0.39 is 0 Å². The summed E-state index contributed by atoms with van der Waals surface area (Å²) in [7, 11) is 1.74. The van der Waals surface area contributed by atoms with Crippen molar-refractivity contribution in [2.45, 2.75) is 24.9 Å². The molecule has 2 heterocycles. The fourth-order valence-corrected chi connectivity index (χ4v) is 3.72. The molecule has 1 aliphatic heterocycles. The van der Waals surface area contributed by atoms with Gasteiger partial charge in [-0.05, 0) is 36.8 Å². The number of carbonyl (C=O) groups is 1. The second-order valence-corrected chi connectivity index (χ2v) is 8.05. The third kappa shape index (κ3) is 5.69. The highest BCUT2D eigenvalue weighted by Gasteiger charge is 2.24. The molecule has 0 N–H and O–H groups in total. The van der Waals surface area contributed by atoms with Crippen molar-refractivity contribution in [2.75, 3.05) is 26.0 Å². The van der Waals surface area contributed by atoms with E-state index in [1.54, 1.807) is 11.9 Å². The number of benzene rings is 2. The van der Waals surface area contributed by atoms with E-state index in [1.807, 2.05) is 55.5 Å². The Morgan fingerprint density at radius 2 is 2.03 bits per heavy atom. The van der Waals surface area contributed by atoms with Crippen LogP contribution in [0.15, 0.2) is 58.2 Å². The average Bonchev–Trinajstić information content (AvgIpc) is 3.24. The minimum atomic E-state index is -0.220. The van der Waals surface area contributed by atoms with E-state index in [0.29, 0.717) is 30.0 Å². The first-order valence-corrected chi connectivity index (χ1v) is 10.8. The maximum atomic E-state index is 12.5. The number of ether oxygens (including phenoxy) is 3. The molecule has 0 unspecified atom stereocenters. The van der Waals surface area contributed by atoms with Crippen LogP contribution in [0.3, 0.4) is 0 Å². The molecule has 1 amide bonds. The van der Waals surface area contributed by atoms with Crippen LogP contribution in [0.4, 0.5) is 0 Å². The molecule has 0 bridgehead atoms. The van der Waals surface area contributed by atoms with Crippen molar-refractivity contribution >= 4 is 17.7 Å². The van der Waals surface area contributed by atoms with Gasteiger partial charge in [0.1, 0.15) is 12.4 Å². The number of para-hydroxylation sites is 2. The molecule has 1 aliphatic rings. The van der Waals surface area contributed by atoms with Crippen LogP contribution in [-0.2, 0) is 11.4 Å². The zero-order chi connectivity index (χ0) is 21.6. The number of nitrogens with zero attached hydrogens (tertiary/aromatic N) is 3. The number of thioether (sulfide) groups is 1. The van der Waals surface area contributed by atoms with Crippen LogP contribution in [0, 0.1) is 6.92 Å². The molecule has 0 radical (unpaired) electrons. The van der Waals surface area contributed by atoms with E-state index >= 15 is 0 Å². The molecular formula is C22H23N3O5S. The van der Waals surface area contributed by atoms with Crippen LogP contribution in [-0.4, -0.2) is 53.1 Å². The fourth-order valence-electron chi connectivity index (χ4n) is 3.00. The highest BCUT2D eigenvalue weighted by molar-refractivity contribution is 7.99. The Balaban J connectivity index is 1.21. The van der Waals surface area contributed by atoms with Crippen molar-refractivity contribution in [3.8, 4) is 17.2 Å². The van der Waals surface area contributed by atoms with Crippen LogP contribution in [0.2, 0.25) is 0 Å². The van der Waals surface area contributed by atoms with Gasteiger partial charge in [0, 0.05) is 7.05 Å². The summed E-state index contributed by atoms with van der Waals surface area (Å²) in [5.74, 6) is 2.63. The Kier molecular flexibility index (Phi) is 6.61. The maximum absolute atomic E-state index is 12.5. The van der Waals surface area contributed by atoms with Gasteiger partial charge < -0.3 is 23.5 Å². The Labute approximate surface area is 184 Å². The molecule has 0 saturated heterocycles. The highest BCUT2D eigenvalue weighted by Crippen LogP contribution is 2.31. The van der Waals surface area contributed by atoms with Gasteiger partial charge in [0.05, 0.1) is 12.3 Å². The summed E-state index contributed by atoms with van der Waals surface area (Å²) in [6.07, 6.45) is -0.220. The van der Waals surface area contributed by atoms with Gasteiger partial charge in [0.15, 0.2) is 24.2 Å². The molecule has 2 aromatic carbocycles. The Morgan fingerprint density at radius 1 is 1.19 bits per heavy atom. The maximum Gasteiger partial charge on any atom is 0.277 e. The third-order valence-corrected chi connectivity index (χ3v) is 5.39. The molecule has 0 fully saturated rings. The monoisotopic (exact) mass is 441 g/mol. The first kappa shape index (κ1) is 21.0. The van der Waals surface area contributed by atoms with E-state index in [0.717, 1.165) is 17.1 Å². The standard InChI is InChI=1S/C22H23N3O5S/c1-15-6-5-7-16(10-15)27-13-20-23-24-22(30-20)31-14-21(26)25(2)11-17-12-28-18-8-3-4-9-19(18)29-17/h3-10,17H,11-14H2,1-2H3/t17-/m1/s1. The first-order valence-electron chi connectivity index (χ1n) is 9.84. The molecule has 8 nitrogen and oxygen atoms in total. The van der Waals surface area contributed by atoms with Crippen molar-refractivity contribution in [3.05, 3.63) is 60.0 Å². The van der Waals surface area contributed by atoms with Crippen LogP contribution in [0.5, 0.6) is 17.2 Å². The largest absolute Gasteiger partial charge is 0.486 e. The summed E-state index contributed by atoms with van der Waals surface area (Å²) in [4.78, 5) is 14.1. The summed E-state index contributed by atoms with van der Waals surface area (Å²) in [5.41, 5.74) is 1.11. The molecular weight excluding hydrogens is 418 g/mol. The van der Waals surface area contributed by atoms with Gasteiger partial charge >= 0.3 is 0 Å². The van der Waals surface area contributed by atoms with Crippen molar-refractivity contribution in [1.29, 1.82) is 0 Å². The van der Waals surface area contributed by atoms with E-state index in [1.165, 1.54) is 11.8 Å². The van der Waals surface area contributed by atoms with Crippen molar-refractivity contribution in [1.82, 2.24) is 15.1 Å². The summed E-state index contributed by atoms with van der Waals surface area (Å²) >= 11 is 1.19. The van der Waals surface area contributed by atoms with Gasteiger partial charge in [0.2, 0.25) is 5.91 Å². The number of aryl methyl sites for hydroxylation is 1. The molecule has 4 rings (SSSR count). The predicted octanol–water partition coefficient (Wildman–Crippen LogP) is 3.35. The van der Waals surface area contributed by atoms with E-state index in [4.69, 9.17) is 18.6 Å². The number of aromatic nitrogens is 2. The number of carbonyl (C=O) groups excluding carboxylic acids is 1. The summed E-state index contributed by atoms with van der Waals surface area (Å²) < 4.78 is 22.8. The lowest BCUT2D eigenvalue weighted by atomic mass is 10.2. The van der Waals surface area contributed by atoms with E-state index in [-0.39, 0.29) is 24.4 Å². The number of rotatable bonds is 8. The highest BCUT2D eigenvalue weighted by atomic mass is 32.2. The van der Waals surface area contributed by atoms with Gasteiger partial charge in [-0.1, -0.05) is 36.0 Å². The van der Waals surface area contributed by atoms with Gasteiger partial charge in [-0.2, -0.15) is 0 Å². The average molecular weight is 442 g/mol. The molecule has 31 heavy (non-hydrogen) atoms. The fraction of sp³-hybridized carbons (Fsp3) is 0.318. The summed E-state index contributed by atoms with van der Waals surface area (Å²) in [6.45, 7) is 2.99. The second-order valence-electron chi connectivity index (χ2n) is 7.13. The van der Waals surface area contributed by atoms with Crippen molar-refractivity contribution in [3.63, 3.8) is 0 Å². The van der Waals surface area contributed by atoms with Crippen molar-refractivity contribution < 1.29 is 23.4 Å². The normalized spacial score (nSPS) is 14.8. The quantitative estimate of drug-likeness (QED) is 0.492. The number of fused-ring (bicyclic) bond motifs is 1. The van der Waals surface area contributed by atoms with Crippen LogP contribution in [0.1, 0.15) is 11.5 Å². The molecule has 1 atom stereocenters. The van der Waals surface area contributed by atoms with Crippen LogP contribution >= 0.6 is 11.8 Å². The lowest BCUT2D eigenvalue weighted by Crippen LogP contribution is -2.42. The lowest BCUT2D eigenvalue weighted by Gasteiger charge is -2.29. The minimum Gasteiger partial charge on any atom is -0.486 e. The topological polar surface area (TPSA) is 86.9 Å². The number of hydrogen-bond donors (Lipinski definition) is 0. The SMILES string of the molecule is Cc1cccc(OCc2nnc(SCC(=O)N(C)C[C@@H]3COc4ccccc4O3)o2)c1. The van der Waals surface area contributed by atoms with Crippen LogP contribution in [0.25, 0.3) is 0 Å². The molecule has 0 saturated carbocycles. The summed E-state index contributed by atoms with van der Waals surface area (Å²) in [5, 5.41) is 8.27. The summed E-state index contributed by atoms with van der Waals surface area (Å²) in [6, 6.07) is 15.2. The Hall–Kier alpha value is -3.20. The number of hydrogen-bond acceptors (Lipinski definition) is 8. The molecule has 1 aromatic heterocycles. The molecule has 9 heteroatoms. The van der Waals surface area contributed by atoms with Gasteiger partial charge in [-0.15, -0.1) is 10.2 Å². The zero-order valence-electron chi connectivity index (χ0n) is 17.3. The second kappa shape index (κ2) is 9.74. The molecule has 0 spiro atoms. The third-order valence-electron chi connectivity index (χ3n) is 4.59.